The highest BCUT2D eigenvalue weighted by molar-refractivity contribution is 5.94. The van der Waals surface area contributed by atoms with Crippen molar-refractivity contribution in [2.45, 2.75) is 13.1 Å². The molecule has 128 valence electrons. The maximum atomic E-state index is 12.8. The van der Waals surface area contributed by atoms with Crippen molar-refractivity contribution in [3.05, 3.63) is 47.3 Å². The van der Waals surface area contributed by atoms with Crippen molar-refractivity contribution in [1.82, 2.24) is 10.1 Å². The van der Waals surface area contributed by atoms with Crippen molar-refractivity contribution < 1.29 is 22.5 Å². The lowest BCUT2D eigenvalue weighted by Gasteiger charge is -2.36. The summed E-state index contributed by atoms with van der Waals surface area (Å²) in [5, 5.41) is 3.59. The predicted molar refractivity (Wildman–Crippen MR) is 80.8 cm³/mol. The van der Waals surface area contributed by atoms with Gasteiger partial charge in [0.25, 0.3) is 5.91 Å². The first-order valence-electron chi connectivity index (χ1n) is 7.49. The SMILES string of the molecule is Cc1oncc1C(=O)N1CCN(c2cccc(C(F)(F)F)c2)CC1. The fourth-order valence-corrected chi connectivity index (χ4v) is 2.72. The number of hydrogen-bond acceptors (Lipinski definition) is 4. The molecule has 0 saturated carbocycles. The molecule has 0 aliphatic carbocycles. The molecular formula is C16H16F3N3O2. The molecule has 1 aromatic heterocycles. The number of piperazine rings is 1. The third kappa shape index (κ3) is 3.22. The number of aryl methyl sites for hydroxylation is 1. The normalized spacial score (nSPS) is 15.7. The van der Waals surface area contributed by atoms with E-state index in [1.807, 2.05) is 4.90 Å². The molecule has 1 aliphatic rings. The molecule has 0 spiro atoms. The Morgan fingerprint density at radius 1 is 1.21 bits per heavy atom. The number of carbonyl (C=O) groups is 1. The van der Waals surface area contributed by atoms with Gasteiger partial charge >= 0.3 is 6.18 Å². The molecule has 0 unspecified atom stereocenters. The zero-order valence-electron chi connectivity index (χ0n) is 13.0. The van der Waals surface area contributed by atoms with Crippen LogP contribution in [-0.2, 0) is 6.18 Å². The van der Waals surface area contributed by atoms with Crippen molar-refractivity contribution >= 4 is 11.6 Å². The summed E-state index contributed by atoms with van der Waals surface area (Å²) in [5.41, 5.74) is 0.263. The van der Waals surface area contributed by atoms with Gasteiger partial charge < -0.3 is 14.3 Å². The van der Waals surface area contributed by atoms with E-state index in [-0.39, 0.29) is 5.91 Å². The van der Waals surface area contributed by atoms with Gasteiger partial charge in [0, 0.05) is 31.9 Å². The molecule has 2 heterocycles. The minimum absolute atomic E-state index is 0.169. The smallest absolute Gasteiger partial charge is 0.368 e. The molecule has 1 saturated heterocycles. The Balaban J connectivity index is 1.67. The molecule has 0 atom stereocenters. The number of aromatic nitrogens is 1. The van der Waals surface area contributed by atoms with Crippen LogP contribution in [0.5, 0.6) is 0 Å². The first-order valence-corrected chi connectivity index (χ1v) is 7.49. The van der Waals surface area contributed by atoms with Gasteiger partial charge in [0.2, 0.25) is 0 Å². The number of halogens is 3. The van der Waals surface area contributed by atoms with Gasteiger partial charge in [-0.1, -0.05) is 11.2 Å². The van der Waals surface area contributed by atoms with Crippen LogP contribution in [0.4, 0.5) is 18.9 Å². The van der Waals surface area contributed by atoms with E-state index in [2.05, 4.69) is 5.16 Å². The van der Waals surface area contributed by atoms with Crippen LogP contribution in [-0.4, -0.2) is 42.1 Å². The number of hydrogen-bond donors (Lipinski definition) is 0. The van der Waals surface area contributed by atoms with Gasteiger partial charge in [-0.25, -0.2) is 0 Å². The molecule has 0 N–H and O–H groups in total. The molecule has 5 nitrogen and oxygen atoms in total. The average Bonchev–Trinajstić information content (AvgIpc) is 3.00. The van der Waals surface area contributed by atoms with E-state index in [0.717, 1.165) is 12.1 Å². The average molecular weight is 339 g/mol. The lowest BCUT2D eigenvalue weighted by molar-refractivity contribution is -0.137. The summed E-state index contributed by atoms with van der Waals surface area (Å²) < 4.78 is 43.3. The molecule has 24 heavy (non-hydrogen) atoms. The van der Waals surface area contributed by atoms with Crippen LogP contribution >= 0.6 is 0 Å². The molecule has 0 radical (unpaired) electrons. The molecule has 1 aromatic carbocycles. The number of alkyl halides is 3. The second kappa shape index (κ2) is 6.18. The number of rotatable bonds is 2. The van der Waals surface area contributed by atoms with Crippen molar-refractivity contribution in [2.75, 3.05) is 31.1 Å². The van der Waals surface area contributed by atoms with Gasteiger partial charge in [-0.15, -0.1) is 0 Å². The van der Waals surface area contributed by atoms with Gasteiger partial charge in [0.1, 0.15) is 11.3 Å². The van der Waals surface area contributed by atoms with E-state index < -0.39 is 11.7 Å². The maximum absolute atomic E-state index is 12.8. The second-order valence-corrected chi connectivity index (χ2v) is 5.62. The molecule has 2 aromatic rings. The summed E-state index contributed by atoms with van der Waals surface area (Å²) in [6.45, 7) is 3.47. The summed E-state index contributed by atoms with van der Waals surface area (Å²) in [4.78, 5) is 15.9. The predicted octanol–water partition coefficient (Wildman–Crippen LogP) is 2.96. The van der Waals surface area contributed by atoms with Crippen LogP contribution in [0.2, 0.25) is 0 Å². The first kappa shape index (κ1) is 16.4. The number of benzene rings is 1. The largest absolute Gasteiger partial charge is 0.416 e. The molecule has 3 rings (SSSR count). The van der Waals surface area contributed by atoms with Crippen molar-refractivity contribution in [3.8, 4) is 0 Å². The topological polar surface area (TPSA) is 49.6 Å². The van der Waals surface area contributed by atoms with Gasteiger partial charge in [-0.05, 0) is 25.1 Å². The van der Waals surface area contributed by atoms with E-state index in [9.17, 15) is 18.0 Å². The van der Waals surface area contributed by atoms with E-state index in [1.54, 1.807) is 17.9 Å². The van der Waals surface area contributed by atoms with Gasteiger partial charge in [-0.3, -0.25) is 4.79 Å². The summed E-state index contributed by atoms with van der Waals surface area (Å²) in [6.07, 6.45) is -2.98. The van der Waals surface area contributed by atoms with Crippen molar-refractivity contribution in [3.63, 3.8) is 0 Å². The van der Waals surface area contributed by atoms with E-state index in [0.29, 0.717) is 43.2 Å². The quantitative estimate of drug-likeness (QED) is 0.844. The molecular weight excluding hydrogens is 323 g/mol. The zero-order valence-corrected chi connectivity index (χ0v) is 13.0. The Bertz CT molecular complexity index is 734. The zero-order chi connectivity index (χ0) is 17.3. The highest BCUT2D eigenvalue weighted by Gasteiger charge is 2.31. The van der Waals surface area contributed by atoms with E-state index in [4.69, 9.17) is 4.52 Å². The van der Waals surface area contributed by atoms with Crippen LogP contribution in [0, 0.1) is 6.92 Å². The number of nitrogens with zero attached hydrogens (tertiary/aromatic N) is 3. The minimum Gasteiger partial charge on any atom is -0.368 e. The lowest BCUT2D eigenvalue weighted by Crippen LogP contribution is -2.48. The second-order valence-electron chi connectivity index (χ2n) is 5.62. The van der Waals surface area contributed by atoms with Crippen molar-refractivity contribution in [2.24, 2.45) is 0 Å². The minimum atomic E-state index is -4.36. The third-order valence-electron chi connectivity index (χ3n) is 4.09. The van der Waals surface area contributed by atoms with Gasteiger partial charge in [0.05, 0.1) is 11.8 Å². The molecule has 8 heteroatoms. The highest BCUT2D eigenvalue weighted by atomic mass is 19.4. The molecule has 0 bridgehead atoms. The van der Waals surface area contributed by atoms with Gasteiger partial charge in [0.15, 0.2) is 0 Å². The standard InChI is InChI=1S/C16H16F3N3O2/c1-11-14(10-20-24-11)15(23)22-7-5-21(6-8-22)13-4-2-3-12(9-13)16(17,18)19/h2-4,9-10H,5-8H2,1H3. The fraction of sp³-hybridized carbons (Fsp3) is 0.375. The Labute approximate surface area is 136 Å². The number of carbonyl (C=O) groups excluding carboxylic acids is 1. The molecule has 1 amide bonds. The maximum Gasteiger partial charge on any atom is 0.416 e. The Morgan fingerprint density at radius 2 is 1.92 bits per heavy atom. The van der Waals surface area contributed by atoms with E-state index >= 15 is 0 Å². The summed E-state index contributed by atoms with van der Waals surface area (Å²) >= 11 is 0. The molecule has 1 aliphatic heterocycles. The van der Waals surface area contributed by atoms with Crippen LogP contribution < -0.4 is 4.90 Å². The molecule has 1 fully saturated rings. The highest BCUT2D eigenvalue weighted by Crippen LogP contribution is 2.31. The lowest BCUT2D eigenvalue weighted by atomic mass is 10.1. The van der Waals surface area contributed by atoms with Crippen LogP contribution in [0.25, 0.3) is 0 Å². The number of amides is 1. The van der Waals surface area contributed by atoms with Crippen molar-refractivity contribution in [1.29, 1.82) is 0 Å². The fourth-order valence-electron chi connectivity index (χ4n) is 2.72. The summed E-state index contributed by atoms with van der Waals surface area (Å²) in [6, 6.07) is 5.24. The monoisotopic (exact) mass is 339 g/mol. The van der Waals surface area contributed by atoms with Gasteiger partial charge in [-0.2, -0.15) is 13.2 Å². The Hall–Kier alpha value is -2.51. The first-order chi connectivity index (χ1) is 11.4. The van der Waals surface area contributed by atoms with Crippen LogP contribution in [0.15, 0.2) is 35.0 Å². The Kier molecular flexibility index (Phi) is 4.21. The summed E-state index contributed by atoms with van der Waals surface area (Å²) in [5.74, 6) is 0.290. The Morgan fingerprint density at radius 3 is 2.50 bits per heavy atom. The summed E-state index contributed by atoms with van der Waals surface area (Å²) in [7, 11) is 0. The third-order valence-corrected chi connectivity index (χ3v) is 4.09. The van der Waals surface area contributed by atoms with Crippen LogP contribution in [0.3, 0.4) is 0 Å². The number of anilines is 1. The van der Waals surface area contributed by atoms with Crippen LogP contribution in [0.1, 0.15) is 21.7 Å². The van der Waals surface area contributed by atoms with E-state index in [1.165, 1.54) is 12.3 Å².